The van der Waals surface area contributed by atoms with Gasteiger partial charge in [-0.3, -0.25) is 10.1 Å². The van der Waals surface area contributed by atoms with Crippen molar-refractivity contribution >= 4 is 17.5 Å². The van der Waals surface area contributed by atoms with E-state index < -0.39 is 22.5 Å². The number of nitro groups is 1. The minimum atomic E-state index is -0.944. The van der Waals surface area contributed by atoms with E-state index in [0.29, 0.717) is 0 Å². The van der Waals surface area contributed by atoms with Gasteiger partial charge in [-0.25, -0.2) is 4.79 Å². The van der Waals surface area contributed by atoms with Crippen LogP contribution in [0, 0.1) is 15.9 Å². The number of carbonyl (C=O) groups is 1. The van der Waals surface area contributed by atoms with Gasteiger partial charge in [0.25, 0.3) is 0 Å². The summed E-state index contributed by atoms with van der Waals surface area (Å²) in [6.07, 6.45) is -0.944. The Kier molecular flexibility index (Phi) is 4.21. The van der Waals surface area contributed by atoms with E-state index in [1.165, 1.54) is 12.1 Å². The Morgan fingerprint density at radius 2 is 2.29 bits per heavy atom. The summed E-state index contributed by atoms with van der Waals surface area (Å²) in [7, 11) is 0. The fourth-order valence-corrected chi connectivity index (χ4v) is 1.18. The molecule has 0 aliphatic rings. The number of ether oxygens (including phenoxy) is 1. The average molecular weight is 243 g/mol. The Hall–Kier alpha value is -2.38. The van der Waals surface area contributed by atoms with Crippen LogP contribution in [0.15, 0.2) is 18.2 Å². The van der Waals surface area contributed by atoms with Crippen LogP contribution in [0.2, 0.25) is 0 Å². The maximum atomic E-state index is 13.2. The molecule has 0 spiro atoms. The fourth-order valence-electron chi connectivity index (χ4n) is 1.18. The molecule has 0 heterocycles. The van der Waals surface area contributed by atoms with Crippen LogP contribution in [0.3, 0.4) is 0 Å². The first-order valence-electron chi connectivity index (χ1n) is 4.61. The van der Waals surface area contributed by atoms with E-state index in [-0.39, 0.29) is 18.8 Å². The number of nitrogens with one attached hydrogen (secondary N) is 1. The van der Waals surface area contributed by atoms with E-state index in [9.17, 15) is 19.3 Å². The van der Waals surface area contributed by atoms with E-state index in [2.05, 4.69) is 10.1 Å². The van der Waals surface area contributed by atoms with Gasteiger partial charge in [-0.1, -0.05) is 6.07 Å². The van der Waals surface area contributed by atoms with Crippen molar-refractivity contribution in [3.05, 3.63) is 34.1 Å². The molecular formula is C9H10FN3O4. The zero-order valence-electron chi connectivity index (χ0n) is 8.68. The summed E-state index contributed by atoms with van der Waals surface area (Å²) in [5.74, 6) is -0.934. The highest BCUT2D eigenvalue weighted by molar-refractivity contribution is 5.65. The molecule has 3 N–H and O–H groups in total. The van der Waals surface area contributed by atoms with Crippen LogP contribution in [-0.2, 0) is 4.74 Å². The van der Waals surface area contributed by atoms with Gasteiger partial charge in [-0.05, 0) is 12.1 Å². The molecule has 0 saturated carbocycles. The van der Waals surface area contributed by atoms with Crippen molar-refractivity contribution in [1.82, 2.24) is 0 Å². The van der Waals surface area contributed by atoms with Gasteiger partial charge >= 0.3 is 11.8 Å². The molecule has 1 aromatic rings. The predicted molar refractivity (Wildman–Crippen MR) is 57.1 cm³/mol. The number of carbonyl (C=O) groups excluding carboxylic acids is 1. The number of benzene rings is 1. The van der Waals surface area contributed by atoms with Crippen molar-refractivity contribution in [2.45, 2.75) is 0 Å². The molecule has 1 amide bonds. The third kappa shape index (κ3) is 3.59. The summed E-state index contributed by atoms with van der Waals surface area (Å²) in [5.41, 5.74) is 4.09. The Bertz CT molecular complexity index is 438. The second kappa shape index (κ2) is 5.64. The first-order chi connectivity index (χ1) is 8.02. The number of nitro benzene ring substituents is 1. The van der Waals surface area contributed by atoms with Gasteiger partial charge in [0.15, 0.2) is 0 Å². The SMILES string of the molecule is NC(=O)OCCNc1cccc(F)c1[N+](=O)[O-]. The maximum absolute atomic E-state index is 13.2. The van der Waals surface area contributed by atoms with Crippen molar-refractivity contribution in [3.63, 3.8) is 0 Å². The van der Waals surface area contributed by atoms with Gasteiger partial charge in [-0.2, -0.15) is 4.39 Å². The normalized spacial score (nSPS) is 9.71. The molecule has 17 heavy (non-hydrogen) atoms. The molecule has 1 aromatic carbocycles. The highest BCUT2D eigenvalue weighted by atomic mass is 19.1. The van der Waals surface area contributed by atoms with E-state index in [4.69, 9.17) is 5.73 Å². The number of halogens is 1. The smallest absolute Gasteiger partial charge is 0.404 e. The lowest BCUT2D eigenvalue weighted by Crippen LogP contribution is -2.18. The van der Waals surface area contributed by atoms with E-state index in [1.807, 2.05) is 0 Å². The number of rotatable bonds is 5. The third-order valence-corrected chi connectivity index (χ3v) is 1.83. The lowest BCUT2D eigenvalue weighted by atomic mass is 10.2. The van der Waals surface area contributed by atoms with Gasteiger partial charge < -0.3 is 15.8 Å². The summed E-state index contributed by atoms with van der Waals surface area (Å²) < 4.78 is 17.6. The Labute approximate surface area is 95.5 Å². The van der Waals surface area contributed by atoms with Gasteiger partial charge in [0, 0.05) is 6.54 Å². The summed E-state index contributed by atoms with van der Waals surface area (Å²) in [4.78, 5) is 20.0. The Balaban J connectivity index is 2.67. The van der Waals surface area contributed by atoms with Crippen molar-refractivity contribution in [1.29, 1.82) is 0 Å². The summed E-state index contributed by atoms with van der Waals surface area (Å²) >= 11 is 0. The molecule has 0 bridgehead atoms. The molecule has 0 aromatic heterocycles. The number of amides is 1. The molecule has 0 aliphatic carbocycles. The number of para-hydroxylation sites is 1. The molecule has 0 atom stereocenters. The van der Waals surface area contributed by atoms with Crippen molar-refractivity contribution in [2.75, 3.05) is 18.5 Å². The Morgan fingerprint density at radius 3 is 2.88 bits per heavy atom. The number of nitrogens with two attached hydrogens (primary N) is 1. The quantitative estimate of drug-likeness (QED) is 0.459. The van der Waals surface area contributed by atoms with Crippen molar-refractivity contribution in [2.24, 2.45) is 5.73 Å². The average Bonchev–Trinajstić information content (AvgIpc) is 2.23. The van der Waals surface area contributed by atoms with Gasteiger partial charge in [0.05, 0.1) is 4.92 Å². The van der Waals surface area contributed by atoms with Crippen LogP contribution in [0.1, 0.15) is 0 Å². The molecule has 0 aliphatic heterocycles. The zero-order chi connectivity index (χ0) is 12.8. The number of hydrogen-bond donors (Lipinski definition) is 2. The molecule has 0 fully saturated rings. The molecule has 1 rings (SSSR count). The van der Waals surface area contributed by atoms with Crippen molar-refractivity contribution < 1.29 is 18.8 Å². The predicted octanol–water partition coefficient (Wildman–Crippen LogP) is 1.24. The zero-order valence-corrected chi connectivity index (χ0v) is 8.68. The summed E-state index contributed by atoms with van der Waals surface area (Å²) in [5, 5.41) is 13.2. The minimum absolute atomic E-state index is 0.0167. The van der Waals surface area contributed by atoms with E-state index >= 15 is 0 Å². The van der Waals surface area contributed by atoms with Crippen molar-refractivity contribution in [3.8, 4) is 0 Å². The standard InChI is InChI=1S/C9H10FN3O4/c10-6-2-1-3-7(8(6)13(15)16)12-4-5-17-9(11)14/h1-3,12H,4-5H2,(H2,11,14). The highest BCUT2D eigenvalue weighted by Crippen LogP contribution is 2.26. The lowest BCUT2D eigenvalue weighted by molar-refractivity contribution is -0.386. The maximum Gasteiger partial charge on any atom is 0.404 e. The molecule has 8 heteroatoms. The second-order valence-corrected chi connectivity index (χ2v) is 2.99. The molecule has 7 nitrogen and oxygen atoms in total. The summed E-state index contributed by atoms with van der Waals surface area (Å²) in [6.45, 7) is 0.0240. The lowest BCUT2D eigenvalue weighted by Gasteiger charge is -2.07. The van der Waals surface area contributed by atoms with Gasteiger partial charge in [0.2, 0.25) is 5.82 Å². The summed E-state index contributed by atoms with van der Waals surface area (Å²) in [6, 6.07) is 3.67. The number of nitrogens with zero attached hydrogens (tertiary/aromatic N) is 1. The molecule has 0 radical (unpaired) electrons. The second-order valence-electron chi connectivity index (χ2n) is 2.99. The largest absolute Gasteiger partial charge is 0.448 e. The number of anilines is 1. The van der Waals surface area contributed by atoms with Crippen LogP contribution < -0.4 is 11.1 Å². The highest BCUT2D eigenvalue weighted by Gasteiger charge is 2.19. The molecular weight excluding hydrogens is 233 g/mol. The van der Waals surface area contributed by atoms with Crippen LogP contribution in [-0.4, -0.2) is 24.2 Å². The number of hydrogen-bond acceptors (Lipinski definition) is 5. The topological polar surface area (TPSA) is 107 Å². The van der Waals surface area contributed by atoms with Crippen LogP contribution in [0.25, 0.3) is 0 Å². The van der Waals surface area contributed by atoms with Gasteiger partial charge in [0.1, 0.15) is 12.3 Å². The Morgan fingerprint density at radius 1 is 1.59 bits per heavy atom. The number of primary amides is 1. The van der Waals surface area contributed by atoms with Crippen LogP contribution in [0.4, 0.5) is 20.6 Å². The van der Waals surface area contributed by atoms with E-state index in [0.717, 1.165) is 6.07 Å². The third-order valence-electron chi connectivity index (χ3n) is 1.83. The molecule has 0 saturated heterocycles. The monoisotopic (exact) mass is 243 g/mol. The van der Waals surface area contributed by atoms with Gasteiger partial charge in [-0.15, -0.1) is 0 Å². The first-order valence-corrected chi connectivity index (χ1v) is 4.61. The van der Waals surface area contributed by atoms with E-state index in [1.54, 1.807) is 0 Å². The fraction of sp³-hybridized carbons (Fsp3) is 0.222. The minimum Gasteiger partial charge on any atom is -0.448 e. The molecule has 0 unspecified atom stereocenters. The van der Waals surface area contributed by atoms with Crippen LogP contribution >= 0.6 is 0 Å². The van der Waals surface area contributed by atoms with Crippen LogP contribution in [0.5, 0.6) is 0 Å². The first kappa shape index (κ1) is 12.7. The molecule has 92 valence electrons.